The van der Waals surface area contributed by atoms with E-state index in [2.05, 4.69) is 41.6 Å². The van der Waals surface area contributed by atoms with E-state index in [9.17, 15) is 9.59 Å². The Bertz CT molecular complexity index is 714. The number of carbonyl (C=O) groups is 2. The molecule has 0 saturated heterocycles. The van der Waals surface area contributed by atoms with E-state index in [0.717, 1.165) is 19.3 Å². The standard InChI is InChI=1S/C21H27N3O2/c1-16(2)10-12-24-21(26)19-13-18(14-22-15-19)20(25)23-11-6-9-17-7-4-3-5-8-17/h3-5,7-8,13-16H,6,9-12H2,1-2H3,(H,23,25)(H,24,26). The second-order valence-corrected chi connectivity index (χ2v) is 6.75. The highest BCUT2D eigenvalue weighted by atomic mass is 16.2. The highest BCUT2D eigenvalue weighted by Gasteiger charge is 2.11. The zero-order chi connectivity index (χ0) is 18.8. The number of nitrogens with one attached hydrogen (secondary N) is 2. The Morgan fingerprint density at radius 2 is 1.58 bits per heavy atom. The molecule has 1 aromatic carbocycles. The summed E-state index contributed by atoms with van der Waals surface area (Å²) in [5.74, 6) is 0.126. The van der Waals surface area contributed by atoms with Gasteiger partial charge in [-0.15, -0.1) is 0 Å². The summed E-state index contributed by atoms with van der Waals surface area (Å²) in [6.45, 7) is 5.41. The number of benzene rings is 1. The lowest BCUT2D eigenvalue weighted by atomic mass is 10.1. The summed E-state index contributed by atoms with van der Waals surface area (Å²) in [6.07, 6.45) is 5.66. The van der Waals surface area contributed by atoms with Gasteiger partial charge in [0, 0.05) is 25.5 Å². The first-order valence-corrected chi connectivity index (χ1v) is 9.11. The van der Waals surface area contributed by atoms with Gasteiger partial charge in [-0.25, -0.2) is 0 Å². The lowest BCUT2D eigenvalue weighted by Crippen LogP contribution is -2.27. The molecule has 5 heteroatoms. The molecule has 2 amide bonds. The maximum absolute atomic E-state index is 12.3. The lowest BCUT2D eigenvalue weighted by Gasteiger charge is -2.09. The molecule has 0 fully saturated rings. The summed E-state index contributed by atoms with van der Waals surface area (Å²) in [5, 5.41) is 5.74. The third kappa shape index (κ3) is 6.67. The van der Waals surface area contributed by atoms with Crippen molar-refractivity contribution in [3.05, 3.63) is 65.5 Å². The molecular formula is C21H27N3O2. The second-order valence-electron chi connectivity index (χ2n) is 6.75. The second kappa shape index (κ2) is 10.3. The van der Waals surface area contributed by atoms with Crippen LogP contribution in [0.25, 0.3) is 0 Å². The van der Waals surface area contributed by atoms with Crippen LogP contribution < -0.4 is 10.6 Å². The summed E-state index contributed by atoms with van der Waals surface area (Å²) in [6, 6.07) is 11.8. The van der Waals surface area contributed by atoms with E-state index >= 15 is 0 Å². The molecule has 1 heterocycles. The van der Waals surface area contributed by atoms with Crippen molar-refractivity contribution in [3.8, 4) is 0 Å². The predicted octanol–water partition coefficient (Wildman–Crippen LogP) is 3.22. The average Bonchev–Trinajstić information content (AvgIpc) is 2.65. The molecule has 0 aliphatic rings. The van der Waals surface area contributed by atoms with Gasteiger partial charge in [0.1, 0.15) is 0 Å². The van der Waals surface area contributed by atoms with E-state index in [-0.39, 0.29) is 11.8 Å². The Balaban J connectivity index is 1.80. The maximum atomic E-state index is 12.3. The molecule has 1 aromatic heterocycles. The first-order valence-electron chi connectivity index (χ1n) is 9.11. The summed E-state index contributed by atoms with van der Waals surface area (Å²) in [5.41, 5.74) is 2.07. The van der Waals surface area contributed by atoms with Crippen LogP contribution in [0, 0.1) is 5.92 Å². The molecule has 26 heavy (non-hydrogen) atoms. The van der Waals surface area contributed by atoms with Crippen LogP contribution in [0.4, 0.5) is 0 Å². The first kappa shape index (κ1) is 19.6. The molecule has 5 nitrogen and oxygen atoms in total. The molecule has 0 saturated carbocycles. The molecule has 0 spiro atoms. The van der Waals surface area contributed by atoms with Gasteiger partial charge in [0.05, 0.1) is 11.1 Å². The Kier molecular flexibility index (Phi) is 7.80. The third-order valence-electron chi connectivity index (χ3n) is 4.04. The van der Waals surface area contributed by atoms with E-state index in [0.29, 0.717) is 30.1 Å². The normalized spacial score (nSPS) is 10.6. The van der Waals surface area contributed by atoms with E-state index in [1.54, 1.807) is 6.07 Å². The maximum Gasteiger partial charge on any atom is 0.252 e. The number of rotatable bonds is 9. The predicted molar refractivity (Wildman–Crippen MR) is 103 cm³/mol. The van der Waals surface area contributed by atoms with Crippen molar-refractivity contribution >= 4 is 11.8 Å². The third-order valence-corrected chi connectivity index (χ3v) is 4.04. The van der Waals surface area contributed by atoms with Gasteiger partial charge < -0.3 is 10.6 Å². The Labute approximate surface area is 155 Å². The van der Waals surface area contributed by atoms with E-state index in [4.69, 9.17) is 0 Å². The largest absolute Gasteiger partial charge is 0.352 e. The number of pyridine rings is 1. The molecular weight excluding hydrogens is 326 g/mol. The van der Waals surface area contributed by atoms with Crippen LogP contribution in [-0.2, 0) is 6.42 Å². The van der Waals surface area contributed by atoms with E-state index in [1.807, 2.05) is 18.2 Å². The molecule has 2 N–H and O–H groups in total. The molecule has 2 rings (SSSR count). The molecule has 0 unspecified atom stereocenters. The SMILES string of the molecule is CC(C)CCNC(=O)c1cncc(C(=O)NCCCc2ccccc2)c1. The van der Waals surface area contributed by atoms with Crippen molar-refractivity contribution in [2.75, 3.05) is 13.1 Å². The highest BCUT2D eigenvalue weighted by molar-refractivity contribution is 5.99. The Hall–Kier alpha value is -2.69. The van der Waals surface area contributed by atoms with Crippen LogP contribution in [0.2, 0.25) is 0 Å². The van der Waals surface area contributed by atoms with Crippen molar-refractivity contribution < 1.29 is 9.59 Å². The van der Waals surface area contributed by atoms with Gasteiger partial charge in [0.2, 0.25) is 0 Å². The highest BCUT2D eigenvalue weighted by Crippen LogP contribution is 2.05. The molecule has 2 aromatic rings. The number of hydrogen-bond acceptors (Lipinski definition) is 3. The number of aromatic nitrogens is 1. The summed E-state index contributed by atoms with van der Waals surface area (Å²) in [7, 11) is 0. The van der Waals surface area contributed by atoms with E-state index < -0.39 is 0 Å². The van der Waals surface area contributed by atoms with Crippen LogP contribution in [0.5, 0.6) is 0 Å². The number of amides is 2. The molecule has 0 radical (unpaired) electrons. The van der Waals surface area contributed by atoms with Gasteiger partial charge in [-0.1, -0.05) is 44.2 Å². The van der Waals surface area contributed by atoms with Crippen molar-refractivity contribution in [1.29, 1.82) is 0 Å². The van der Waals surface area contributed by atoms with Gasteiger partial charge in [-0.05, 0) is 36.8 Å². The van der Waals surface area contributed by atoms with Gasteiger partial charge in [-0.2, -0.15) is 0 Å². The zero-order valence-corrected chi connectivity index (χ0v) is 15.5. The lowest BCUT2D eigenvalue weighted by molar-refractivity contribution is 0.0951. The smallest absolute Gasteiger partial charge is 0.252 e. The monoisotopic (exact) mass is 353 g/mol. The minimum absolute atomic E-state index is 0.197. The van der Waals surface area contributed by atoms with Crippen molar-refractivity contribution in [2.45, 2.75) is 33.1 Å². The van der Waals surface area contributed by atoms with E-state index in [1.165, 1.54) is 18.0 Å². The number of aryl methyl sites for hydroxylation is 1. The van der Waals surface area contributed by atoms with Crippen LogP contribution in [0.3, 0.4) is 0 Å². The quantitative estimate of drug-likeness (QED) is 0.680. The fourth-order valence-electron chi connectivity index (χ4n) is 2.51. The fraction of sp³-hybridized carbons (Fsp3) is 0.381. The minimum atomic E-state index is -0.206. The van der Waals surface area contributed by atoms with Gasteiger partial charge in [-0.3, -0.25) is 14.6 Å². The van der Waals surface area contributed by atoms with Crippen molar-refractivity contribution in [1.82, 2.24) is 15.6 Å². The molecule has 138 valence electrons. The van der Waals surface area contributed by atoms with Gasteiger partial charge in [0.25, 0.3) is 11.8 Å². The summed E-state index contributed by atoms with van der Waals surface area (Å²) in [4.78, 5) is 28.4. The zero-order valence-electron chi connectivity index (χ0n) is 15.5. The van der Waals surface area contributed by atoms with Crippen LogP contribution in [0.1, 0.15) is 53.0 Å². The minimum Gasteiger partial charge on any atom is -0.352 e. The Morgan fingerprint density at radius 3 is 2.19 bits per heavy atom. The van der Waals surface area contributed by atoms with Crippen molar-refractivity contribution in [2.24, 2.45) is 5.92 Å². The molecule has 0 atom stereocenters. The summed E-state index contributed by atoms with van der Waals surface area (Å²) < 4.78 is 0. The van der Waals surface area contributed by atoms with Crippen LogP contribution in [0.15, 0.2) is 48.8 Å². The number of nitrogens with zero attached hydrogens (tertiary/aromatic N) is 1. The fourth-order valence-corrected chi connectivity index (χ4v) is 2.51. The summed E-state index contributed by atoms with van der Waals surface area (Å²) >= 11 is 0. The van der Waals surface area contributed by atoms with Crippen LogP contribution >= 0.6 is 0 Å². The number of carbonyl (C=O) groups excluding carboxylic acids is 2. The topological polar surface area (TPSA) is 71.1 Å². The molecule has 0 aliphatic carbocycles. The molecule has 0 aliphatic heterocycles. The Morgan fingerprint density at radius 1 is 0.962 bits per heavy atom. The molecule has 0 bridgehead atoms. The average molecular weight is 353 g/mol. The first-order chi connectivity index (χ1) is 12.6. The van der Waals surface area contributed by atoms with Crippen molar-refractivity contribution in [3.63, 3.8) is 0 Å². The van der Waals surface area contributed by atoms with Crippen LogP contribution in [-0.4, -0.2) is 29.9 Å². The van der Waals surface area contributed by atoms with Gasteiger partial charge >= 0.3 is 0 Å². The van der Waals surface area contributed by atoms with Gasteiger partial charge in [0.15, 0.2) is 0 Å². The number of hydrogen-bond donors (Lipinski definition) is 2.